The van der Waals surface area contributed by atoms with Gasteiger partial charge in [0.2, 0.25) is 0 Å². The van der Waals surface area contributed by atoms with Crippen LogP contribution in [0.15, 0.2) is 0 Å². The summed E-state index contributed by atoms with van der Waals surface area (Å²) in [6.07, 6.45) is 5.27. The molecule has 4 heteroatoms. The molecule has 0 radical (unpaired) electrons. The molecule has 18 heavy (non-hydrogen) atoms. The Hall–Kier alpha value is -0.160. The maximum absolute atomic E-state index is 9.99. The van der Waals surface area contributed by atoms with Crippen molar-refractivity contribution in [2.75, 3.05) is 20.3 Å². The van der Waals surface area contributed by atoms with E-state index in [9.17, 15) is 10.2 Å². The minimum atomic E-state index is -0.484. The van der Waals surface area contributed by atoms with E-state index in [0.29, 0.717) is 19.6 Å². The van der Waals surface area contributed by atoms with Gasteiger partial charge in [-0.2, -0.15) is 0 Å². The van der Waals surface area contributed by atoms with Crippen molar-refractivity contribution in [2.45, 2.75) is 63.8 Å². The minimum Gasteiger partial charge on any atom is -0.393 e. The first-order valence-corrected chi connectivity index (χ1v) is 7.10. The van der Waals surface area contributed by atoms with Crippen LogP contribution in [0.25, 0.3) is 0 Å². The highest BCUT2D eigenvalue weighted by molar-refractivity contribution is 4.75. The summed E-state index contributed by atoms with van der Waals surface area (Å²) in [5.41, 5.74) is 0. The number of hydrogen-bond acceptors (Lipinski definition) is 4. The van der Waals surface area contributed by atoms with E-state index < -0.39 is 6.10 Å². The van der Waals surface area contributed by atoms with Crippen LogP contribution in [0.5, 0.6) is 0 Å². The van der Waals surface area contributed by atoms with Crippen LogP contribution >= 0.6 is 0 Å². The van der Waals surface area contributed by atoms with E-state index in [1.807, 2.05) is 6.92 Å². The van der Waals surface area contributed by atoms with Crippen LogP contribution in [0.1, 0.15) is 45.4 Å². The number of aliphatic hydroxyl groups excluding tert-OH is 2. The second kappa shape index (κ2) is 8.86. The second-order valence-electron chi connectivity index (χ2n) is 5.45. The van der Waals surface area contributed by atoms with E-state index in [4.69, 9.17) is 9.47 Å². The van der Waals surface area contributed by atoms with Crippen molar-refractivity contribution in [1.82, 2.24) is 0 Å². The van der Waals surface area contributed by atoms with Crippen LogP contribution in [-0.4, -0.2) is 48.8 Å². The third-order valence-corrected chi connectivity index (χ3v) is 3.67. The highest BCUT2D eigenvalue weighted by Crippen LogP contribution is 2.27. The van der Waals surface area contributed by atoms with Crippen LogP contribution in [0.3, 0.4) is 0 Å². The lowest BCUT2D eigenvalue weighted by Gasteiger charge is -2.24. The molecule has 0 aromatic heterocycles. The Morgan fingerprint density at radius 3 is 2.61 bits per heavy atom. The van der Waals surface area contributed by atoms with Crippen molar-refractivity contribution in [3.05, 3.63) is 0 Å². The van der Waals surface area contributed by atoms with Gasteiger partial charge in [0.25, 0.3) is 0 Å². The molecule has 4 atom stereocenters. The quantitative estimate of drug-likeness (QED) is 0.684. The van der Waals surface area contributed by atoms with Gasteiger partial charge in [0, 0.05) is 7.11 Å². The fourth-order valence-corrected chi connectivity index (χ4v) is 2.62. The molecule has 0 spiro atoms. The predicted octanol–water partition coefficient (Wildman–Crippen LogP) is 1.73. The maximum Gasteiger partial charge on any atom is 0.0781 e. The van der Waals surface area contributed by atoms with Crippen molar-refractivity contribution in [1.29, 1.82) is 0 Å². The largest absolute Gasteiger partial charge is 0.393 e. The van der Waals surface area contributed by atoms with Gasteiger partial charge in [-0.05, 0) is 32.1 Å². The first-order valence-electron chi connectivity index (χ1n) is 7.10. The standard InChI is InChI=1S/C14H28O4/c1-11(9-17-2)18-10-13(15)8-12-6-4-3-5-7-14(12)16/h11-16H,3-10H2,1-2H3. The summed E-state index contributed by atoms with van der Waals surface area (Å²) in [5.74, 6) is 0.226. The SMILES string of the molecule is COCC(C)OCC(O)CC1CCCCCC1O. The normalized spacial score (nSPS) is 28.7. The van der Waals surface area contributed by atoms with Gasteiger partial charge in [0.1, 0.15) is 0 Å². The molecular weight excluding hydrogens is 232 g/mol. The number of methoxy groups -OCH3 is 1. The molecule has 108 valence electrons. The maximum atomic E-state index is 9.99. The Kier molecular flexibility index (Phi) is 7.82. The lowest BCUT2D eigenvalue weighted by Crippen LogP contribution is -2.28. The van der Waals surface area contributed by atoms with Gasteiger partial charge in [-0.25, -0.2) is 0 Å². The zero-order valence-electron chi connectivity index (χ0n) is 11.7. The fraction of sp³-hybridized carbons (Fsp3) is 1.00. The molecule has 0 heterocycles. The topological polar surface area (TPSA) is 58.9 Å². The molecule has 4 unspecified atom stereocenters. The third kappa shape index (κ3) is 6.14. The van der Waals surface area contributed by atoms with Gasteiger partial charge >= 0.3 is 0 Å². The highest BCUT2D eigenvalue weighted by atomic mass is 16.5. The smallest absolute Gasteiger partial charge is 0.0781 e. The first kappa shape index (κ1) is 15.9. The van der Waals surface area contributed by atoms with Crippen molar-refractivity contribution < 1.29 is 19.7 Å². The van der Waals surface area contributed by atoms with Crippen LogP contribution in [-0.2, 0) is 9.47 Å². The Morgan fingerprint density at radius 1 is 1.17 bits per heavy atom. The van der Waals surface area contributed by atoms with Crippen LogP contribution < -0.4 is 0 Å². The Bertz CT molecular complexity index is 210. The van der Waals surface area contributed by atoms with Gasteiger partial charge in [0.15, 0.2) is 0 Å². The predicted molar refractivity (Wildman–Crippen MR) is 70.5 cm³/mol. The number of ether oxygens (including phenoxy) is 2. The van der Waals surface area contributed by atoms with Crippen molar-refractivity contribution in [3.8, 4) is 0 Å². The van der Waals surface area contributed by atoms with Gasteiger partial charge < -0.3 is 19.7 Å². The van der Waals surface area contributed by atoms with E-state index in [-0.39, 0.29) is 18.1 Å². The van der Waals surface area contributed by atoms with Crippen LogP contribution in [0.4, 0.5) is 0 Å². The van der Waals surface area contributed by atoms with Crippen molar-refractivity contribution in [3.63, 3.8) is 0 Å². The van der Waals surface area contributed by atoms with Crippen LogP contribution in [0, 0.1) is 5.92 Å². The lowest BCUT2D eigenvalue weighted by molar-refractivity contribution is -0.0439. The summed E-state index contributed by atoms with van der Waals surface area (Å²) in [7, 11) is 1.64. The second-order valence-corrected chi connectivity index (χ2v) is 5.45. The summed E-state index contributed by atoms with van der Waals surface area (Å²) < 4.78 is 10.5. The number of rotatable bonds is 7. The molecular formula is C14H28O4. The summed E-state index contributed by atoms with van der Waals surface area (Å²) in [5, 5.41) is 19.9. The van der Waals surface area contributed by atoms with E-state index in [0.717, 1.165) is 25.7 Å². The first-order chi connectivity index (χ1) is 8.63. The molecule has 1 aliphatic carbocycles. The summed E-state index contributed by atoms with van der Waals surface area (Å²) in [6.45, 7) is 2.79. The molecule has 0 amide bonds. The Morgan fingerprint density at radius 2 is 1.89 bits per heavy atom. The molecule has 1 saturated carbocycles. The molecule has 0 aliphatic heterocycles. The summed E-state index contributed by atoms with van der Waals surface area (Å²) >= 11 is 0. The van der Waals surface area contributed by atoms with Gasteiger partial charge in [-0.15, -0.1) is 0 Å². The average Bonchev–Trinajstić information content (AvgIpc) is 2.53. The molecule has 4 nitrogen and oxygen atoms in total. The van der Waals surface area contributed by atoms with Crippen molar-refractivity contribution in [2.24, 2.45) is 5.92 Å². The number of aliphatic hydroxyl groups is 2. The van der Waals surface area contributed by atoms with Gasteiger partial charge in [-0.3, -0.25) is 0 Å². The van der Waals surface area contributed by atoms with Gasteiger partial charge in [-0.1, -0.05) is 19.3 Å². The van der Waals surface area contributed by atoms with E-state index in [1.165, 1.54) is 6.42 Å². The summed E-state index contributed by atoms with van der Waals surface area (Å²) in [4.78, 5) is 0. The number of hydrogen-bond donors (Lipinski definition) is 2. The van der Waals surface area contributed by atoms with E-state index in [2.05, 4.69) is 0 Å². The molecule has 0 aromatic carbocycles. The molecule has 1 fully saturated rings. The monoisotopic (exact) mass is 260 g/mol. The van der Waals surface area contributed by atoms with Gasteiger partial charge in [0.05, 0.1) is 31.5 Å². The zero-order chi connectivity index (χ0) is 13.4. The highest BCUT2D eigenvalue weighted by Gasteiger charge is 2.24. The molecule has 2 N–H and O–H groups in total. The fourth-order valence-electron chi connectivity index (χ4n) is 2.62. The van der Waals surface area contributed by atoms with E-state index in [1.54, 1.807) is 7.11 Å². The minimum absolute atomic E-state index is 0.00343. The lowest BCUT2D eigenvalue weighted by atomic mass is 9.91. The molecule has 0 aromatic rings. The molecule has 1 rings (SSSR count). The molecule has 0 bridgehead atoms. The van der Waals surface area contributed by atoms with Crippen LogP contribution in [0.2, 0.25) is 0 Å². The Balaban J connectivity index is 2.23. The van der Waals surface area contributed by atoms with E-state index >= 15 is 0 Å². The Labute approximate surface area is 110 Å². The summed E-state index contributed by atoms with van der Waals surface area (Å²) in [6, 6.07) is 0. The molecule has 1 aliphatic rings. The molecule has 0 saturated heterocycles. The third-order valence-electron chi connectivity index (χ3n) is 3.67. The average molecular weight is 260 g/mol. The zero-order valence-corrected chi connectivity index (χ0v) is 11.7. The van der Waals surface area contributed by atoms with Crippen molar-refractivity contribution >= 4 is 0 Å².